The largest absolute Gasteiger partial charge is 0.462 e. The number of aromatic nitrogens is 3. The van der Waals surface area contributed by atoms with Crippen molar-refractivity contribution in [1.82, 2.24) is 14.8 Å². The molecule has 112 valence electrons. The normalized spacial score (nSPS) is 10.6. The van der Waals surface area contributed by atoms with Gasteiger partial charge in [0.05, 0.1) is 12.8 Å². The molecule has 0 radical (unpaired) electrons. The lowest BCUT2D eigenvalue weighted by Crippen LogP contribution is -2.22. The maximum Gasteiger partial charge on any atom is 0.344 e. The first-order valence-electron chi connectivity index (χ1n) is 6.82. The SMILES string of the molecule is Cc1cc(C)c(C(=O)OCCCc2cnn(C)c2)c(=O)[nH]1. The standard InChI is InChI=1S/C15H19N3O3/c1-10-7-11(2)17-14(19)13(10)15(20)21-6-4-5-12-8-16-18(3)9-12/h7-9H,4-6H2,1-3H3,(H,17,19). The predicted octanol–water partition coefficient (Wildman–Crippen LogP) is 1.51. The summed E-state index contributed by atoms with van der Waals surface area (Å²) in [6, 6.07) is 1.76. The number of hydrogen-bond acceptors (Lipinski definition) is 4. The second-order valence-corrected chi connectivity index (χ2v) is 5.10. The van der Waals surface area contributed by atoms with Gasteiger partial charge in [-0.15, -0.1) is 0 Å². The van der Waals surface area contributed by atoms with Gasteiger partial charge in [0, 0.05) is 18.9 Å². The van der Waals surface area contributed by atoms with E-state index in [-0.39, 0.29) is 12.2 Å². The Kier molecular flexibility index (Phi) is 4.57. The second-order valence-electron chi connectivity index (χ2n) is 5.10. The minimum Gasteiger partial charge on any atom is -0.462 e. The van der Waals surface area contributed by atoms with Gasteiger partial charge in [0.15, 0.2) is 0 Å². The molecular formula is C15H19N3O3. The van der Waals surface area contributed by atoms with Gasteiger partial charge in [0.1, 0.15) is 5.56 Å². The smallest absolute Gasteiger partial charge is 0.344 e. The molecule has 0 spiro atoms. The molecule has 1 N–H and O–H groups in total. The average molecular weight is 289 g/mol. The molecule has 2 aromatic rings. The van der Waals surface area contributed by atoms with E-state index in [9.17, 15) is 9.59 Å². The molecule has 0 aliphatic carbocycles. The van der Waals surface area contributed by atoms with Crippen LogP contribution in [0.4, 0.5) is 0 Å². The Hall–Kier alpha value is -2.37. The number of ether oxygens (including phenoxy) is 1. The summed E-state index contributed by atoms with van der Waals surface area (Å²) in [4.78, 5) is 26.4. The molecular weight excluding hydrogens is 270 g/mol. The number of aromatic amines is 1. The maximum absolute atomic E-state index is 12.0. The van der Waals surface area contributed by atoms with E-state index in [1.54, 1.807) is 30.8 Å². The van der Waals surface area contributed by atoms with Crippen LogP contribution in [-0.4, -0.2) is 27.3 Å². The Morgan fingerprint density at radius 2 is 2.19 bits per heavy atom. The summed E-state index contributed by atoms with van der Waals surface area (Å²) in [6.45, 7) is 3.78. The monoisotopic (exact) mass is 289 g/mol. The minimum absolute atomic E-state index is 0.0852. The van der Waals surface area contributed by atoms with Crippen molar-refractivity contribution in [3.05, 3.63) is 51.2 Å². The summed E-state index contributed by atoms with van der Waals surface area (Å²) < 4.78 is 6.90. The Morgan fingerprint density at radius 3 is 2.81 bits per heavy atom. The van der Waals surface area contributed by atoms with Crippen molar-refractivity contribution in [2.24, 2.45) is 7.05 Å². The first-order chi connectivity index (χ1) is 9.97. The molecule has 0 amide bonds. The van der Waals surface area contributed by atoms with Gasteiger partial charge in [-0.1, -0.05) is 0 Å². The average Bonchev–Trinajstić information content (AvgIpc) is 2.79. The molecule has 2 heterocycles. The van der Waals surface area contributed by atoms with Crippen LogP contribution in [0.1, 0.15) is 33.6 Å². The third-order valence-corrected chi connectivity index (χ3v) is 3.17. The number of nitrogens with zero attached hydrogens (tertiary/aromatic N) is 2. The number of rotatable bonds is 5. The highest BCUT2D eigenvalue weighted by Crippen LogP contribution is 2.06. The Balaban J connectivity index is 1.89. The van der Waals surface area contributed by atoms with Crippen molar-refractivity contribution in [3.63, 3.8) is 0 Å². The highest BCUT2D eigenvalue weighted by molar-refractivity contribution is 5.90. The molecule has 6 nitrogen and oxygen atoms in total. The molecule has 2 aromatic heterocycles. The molecule has 0 fully saturated rings. The van der Waals surface area contributed by atoms with E-state index in [0.717, 1.165) is 17.7 Å². The molecule has 0 saturated carbocycles. The van der Waals surface area contributed by atoms with Gasteiger partial charge in [-0.3, -0.25) is 9.48 Å². The van der Waals surface area contributed by atoms with E-state index < -0.39 is 11.5 Å². The third-order valence-electron chi connectivity index (χ3n) is 3.17. The molecule has 0 saturated heterocycles. The molecule has 21 heavy (non-hydrogen) atoms. The zero-order valence-corrected chi connectivity index (χ0v) is 12.5. The predicted molar refractivity (Wildman–Crippen MR) is 78.3 cm³/mol. The van der Waals surface area contributed by atoms with Crippen LogP contribution in [0.2, 0.25) is 0 Å². The summed E-state index contributed by atoms with van der Waals surface area (Å²) >= 11 is 0. The Labute approximate surface area is 122 Å². The molecule has 6 heteroatoms. The first-order valence-corrected chi connectivity index (χ1v) is 6.82. The van der Waals surface area contributed by atoms with Crippen LogP contribution in [0.3, 0.4) is 0 Å². The Bertz CT molecular complexity index is 700. The van der Waals surface area contributed by atoms with Gasteiger partial charge in [-0.25, -0.2) is 4.79 Å². The Morgan fingerprint density at radius 1 is 1.43 bits per heavy atom. The fourth-order valence-corrected chi connectivity index (χ4v) is 2.22. The van der Waals surface area contributed by atoms with Crippen LogP contribution in [0, 0.1) is 13.8 Å². The van der Waals surface area contributed by atoms with Crippen LogP contribution in [0.25, 0.3) is 0 Å². The van der Waals surface area contributed by atoms with E-state index in [1.807, 2.05) is 13.2 Å². The van der Waals surface area contributed by atoms with Gasteiger partial charge in [0.2, 0.25) is 0 Å². The van der Waals surface area contributed by atoms with Gasteiger partial charge in [-0.05, 0) is 43.9 Å². The summed E-state index contributed by atoms with van der Waals surface area (Å²) in [5, 5.41) is 4.07. The first kappa shape index (κ1) is 15.0. The molecule has 0 bridgehead atoms. The third kappa shape index (κ3) is 3.81. The van der Waals surface area contributed by atoms with Crippen molar-refractivity contribution in [1.29, 1.82) is 0 Å². The quantitative estimate of drug-likeness (QED) is 0.668. The van der Waals surface area contributed by atoms with Crippen molar-refractivity contribution >= 4 is 5.97 Å². The number of carbonyl (C=O) groups excluding carboxylic acids is 1. The zero-order chi connectivity index (χ0) is 15.4. The number of aryl methyl sites for hydroxylation is 4. The van der Waals surface area contributed by atoms with Crippen molar-refractivity contribution in [3.8, 4) is 0 Å². The summed E-state index contributed by atoms with van der Waals surface area (Å²) in [7, 11) is 1.86. The van der Waals surface area contributed by atoms with Crippen molar-refractivity contribution < 1.29 is 9.53 Å². The molecule has 0 unspecified atom stereocenters. The van der Waals surface area contributed by atoms with E-state index >= 15 is 0 Å². The highest BCUT2D eigenvalue weighted by Gasteiger charge is 2.15. The fraction of sp³-hybridized carbons (Fsp3) is 0.400. The molecule has 0 aliphatic rings. The molecule has 2 rings (SSSR count). The lowest BCUT2D eigenvalue weighted by Gasteiger charge is -2.06. The number of esters is 1. The van der Waals surface area contributed by atoms with E-state index in [4.69, 9.17) is 4.74 Å². The van der Waals surface area contributed by atoms with Crippen LogP contribution in [0.5, 0.6) is 0 Å². The van der Waals surface area contributed by atoms with Gasteiger partial charge >= 0.3 is 5.97 Å². The number of carbonyl (C=O) groups is 1. The van der Waals surface area contributed by atoms with Crippen LogP contribution < -0.4 is 5.56 Å². The van der Waals surface area contributed by atoms with Gasteiger partial charge in [-0.2, -0.15) is 5.10 Å². The lowest BCUT2D eigenvalue weighted by atomic mass is 10.1. The number of nitrogens with one attached hydrogen (secondary N) is 1. The summed E-state index contributed by atoms with van der Waals surface area (Å²) in [6.07, 6.45) is 5.19. The van der Waals surface area contributed by atoms with Crippen LogP contribution in [-0.2, 0) is 18.2 Å². The number of pyridine rings is 1. The topological polar surface area (TPSA) is 77.0 Å². The summed E-state index contributed by atoms with van der Waals surface area (Å²) in [5.41, 5.74) is 2.14. The minimum atomic E-state index is -0.570. The number of H-pyrrole nitrogens is 1. The van der Waals surface area contributed by atoms with Crippen LogP contribution in [0.15, 0.2) is 23.3 Å². The molecule has 0 aliphatic heterocycles. The molecule has 0 atom stereocenters. The fourth-order valence-electron chi connectivity index (χ4n) is 2.22. The highest BCUT2D eigenvalue weighted by atomic mass is 16.5. The number of hydrogen-bond donors (Lipinski definition) is 1. The second kappa shape index (κ2) is 6.39. The van der Waals surface area contributed by atoms with Gasteiger partial charge in [0.25, 0.3) is 5.56 Å². The molecule has 0 aromatic carbocycles. The van der Waals surface area contributed by atoms with Crippen molar-refractivity contribution in [2.45, 2.75) is 26.7 Å². The van der Waals surface area contributed by atoms with Crippen molar-refractivity contribution in [2.75, 3.05) is 6.61 Å². The zero-order valence-electron chi connectivity index (χ0n) is 12.5. The maximum atomic E-state index is 12.0. The van der Waals surface area contributed by atoms with Crippen LogP contribution >= 0.6 is 0 Å². The van der Waals surface area contributed by atoms with E-state index in [2.05, 4.69) is 10.1 Å². The summed E-state index contributed by atoms with van der Waals surface area (Å²) in [5.74, 6) is -0.570. The van der Waals surface area contributed by atoms with E-state index in [0.29, 0.717) is 12.0 Å². The van der Waals surface area contributed by atoms with Gasteiger partial charge < -0.3 is 9.72 Å². The van der Waals surface area contributed by atoms with E-state index in [1.165, 1.54) is 0 Å². The lowest BCUT2D eigenvalue weighted by molar-refractivity contribution is 0.0497.